The van der Waals surface area contributed by atoms with Crippen LogP contribution in [0.15, 0.2) is 30.5 Å². The lowest BCUT2D eigenvalue weighted by Gasteiger charge is -2.10. The van der Waals surface area contributed by atoms with Crippen LogP contribution >= 0.6 is 0 Å². The van der Waals surface area contributed by atoms with Gasteiger partial charge >= 0.3 is 0 Å². The maximum absolute atomic E-state index is 11.8. The molecule has 114 valence electrons. The summed E-state index contributed by atoms with van der Waals surface area (Å²) in [6, 6.07) is 8.16. The monoisotopic (exact) mass is 290 g/mol. The molecule has 5 nitrogen and oxygen atoms in total. The number of ether oxygens (including phenoxy) is 1. The summed E-state index contributed by atoms with van der Waals surface area (Å²) in [6.45, 7) is 0.450. The molecule has 2 aromatic rings. The Morgan fingerprint density at radius 1 is 1.43 bits per heavy atom. The number of aromatic nitrogens is 1. The van der Waals surface area contributed by atoms with Gasteiger partial charge in [-0.2, -0.15) is 0 Å². The van der Waals surface area contributed by atoms with Crippen molar-refractivity contribution in [3.63, 3.8) is 0 Å². The molecule has 1 aromatic carbocycles. The third-order valence-electron chi connectivity index (χ3n) is 3.49. The van der Waals surface area contributed by atoms with Crippen LogP contribution < -0.4 is 5.32 Å². The maximum Gasteiger partial charge on any atom is 0.220 e. The van der Waals surface area contributed by atoms with Gasteiger partial charge in [0.05, 0.1) is 12.7 Å². The minimum absolute atomic E-state index is 0.0573. The molecule has 21 heavy (non-hydrogen) atoms. The molecule has 0 aliphatic rings. The number of hydrogen-bond acceptors (Lipinski definition) is 3. The average molecular weight is 290 g/mol. The van der Waals surface area contributed by atoms with Gasteiger partial charge in [-0.1, -0.05) is 18.2 Å². The highest BCUT2D eigenvalue weighted by Gasteiger charge is 2.10. The van der Waals surface area contributed by atoms with Crippen molar-refractivity contribution in [3.8, 4) is 0 Å². The molecule has 2 rings (SSSR count). The number of nitrogens with zero attached hydrogens (tertiary/aromatic N) is 1. The van der Waals surface area contributed by atoms with Crippen molar-refractivity contribution in [3.05, 3.63) is 36.0 Å². The van der Waals surface area contributed by atoms with Crippen molar-refractivity contribution in [2.24, 2.45) is 7.05 Å². The zero-order valence-electron chi connectivity index (χ0n) is 12.5. The standard InChI is InChI=1S/C16H22N2O3/c1-18-10-12(14-5-3-4-6-15(14)18)7-8-16(20)17-9-13(19)11-21-2/h3-6,10,13,19H,7-9,11H2,1-2H3,(H,17,20). The number of aliphatic hydroxyl groups is 1. The molecule has 0 radical (unpaired) electrons. The van der Waals surface area contributed by atoms with Crippen LogP contribution in [0.4, 0.5) is 0 Å². The van der Waals surface area contributed by atoms with Crippen molar-refractivity contribution in [1.29, 1.82) is 0 Å². The van der Waals surface area contributed by atoms with Crippen molar-refractivity contribution in [2.45, 2.75) is 18.9 Å². The van der Waals surface area contributed by atoms with Gasteiger partial charge in [0, 0.05) is 44.2 Å². The van der Waals surface area contributed by atoms with E-state index in [4.69, 9.17) is 4.74 Å². The number of benzene rings is 1. The smallest absolute Gasteiger partial charge is 0.220 e. The summed E-state index contributed by atoms with van der Waals surface area (Å²) >= 11 is 0. The van der Waals surface area contributed by atoms with E-state index in [2.05, 4.69) is 28.2 Å². The van der Waals surface area contributed by atoms with E-state index < -0.39 is 6.10 Å². The number of aryl methyl sites for hydroxylation is 2. The molecule has 0 fully saturated rings. The minimum atomic E-state index is -0.656. The van der Waals surface area contributed by atoms with Gasteiger partial charge in [0.1, 0.15) is 0 Å². The molecule has 1 atom stereocenters. The van der Waals surface area contributed by atoms with Crippen LogP contribution in [0.5, 0.6) is 0 Å². The molecular formula is C16H22N2O3. The van der Waals surface area contributed by atoms with Crippen LogP contribution in [0.1, 0.15) is 12.0 Å². The van der Waals surface area contributed by atoms with Gasteiger partial charge in [0.15, 0.2) is 0 Å². The van der Waals surface area contributed by atoms with Gasteiger partial charge < -0.3 is 19.7 Å². The average Bonchev–Trinajstić information content (AvgIpc) is 2.80. The molecule has 0 spiro atoms. The third kappa shape index (κ3) is 4.06. The van der Waals surface area contributed by atoms with Gasteiger partial charge in [0.25, 0.3) is 0 Å². The zero-order chi connectivity index (χ0) is 15.2. The van der Waals surface area contributed by atoms with E-state index in [1.54, 1.807) is 0 Å². The van der Waals surface area contributed by atoms with E-state index in [-0.39, 0.29) is 19.1 Å². The Labute approximate surface area is 124 Å². The number of hydrogen-bond donors (Lipinski definition) is 2. The Morgan fingerprint density at radius 3 is 2.95 bits per heavy atom. The zero-order valence-corrected chi connectivity index (χ0v) is 12.5. The second kappa shape index (κ2) is 7.24. The highest BCUT2D eigenvalue weighted by atomic mass is 16.5. The first-order chi connectivity index (χ1) is 10.1. The number of aliphatic hydroxyl groups excluding tert-OH is 1. The summed E-state index contributed by atoms with van der Waals surface area (Å²) < 4.78 is 6.89. The van der Waals surface area contributed by atoms with E-state index in [0.29, 0.717) is 12.8 Å². The Morgan fingerprint density at radius 2 is 2.19 bits per heavy atom. The maximum atomic E-state index is 11.8. The van der Waals surface area contributed by atoms with Crippen LogP contribution in [-0.4, -0.2) is 41.9 Å². The van der Waals surface area contributed by atoms with E-state index in [1.807, 2.05) is 19.2 Å². The van der Waals surface area contributed by atoms with Gasteiger partial charge in [-0.25, -0.2) is 0 Å². The molecule has 2 N–H and O–H groups in total. The van der Waals surface area contributed by atoms with Gasteiger partial charge in [-0.05, 0) is 18.1 Å². The first-order valence-electron chi connectivity index (χ1n) is 7.08. The first-order valence-corrected chi connectivity index (χ1v) is 7.08. The molecule has 0 aliphatic heterocycles. The number of para-hydroxylation sites is 1. The molecule has 0 saturated carbocycles. The minimum Gasteiger partial charge on any atom is -0.389 e. The molecule has 1 amide bonds. The van der Waals surface area contributed by atoms with Crippen molar-refractivity contribution in [2.75, 3.05) is 20.3 Å². The highest BCUT2D eigenvalue weighted by molar-refractivity contribution is 5.84. The SMILES string of the molecule is COCC(O)CNC(=O)CCc1cn(C)c2ccccc12. The second-order valence-electron chi connectivity index (χ2n) is 5.20. The lowest BCUT2D eigenvalue weighted by atomic mass is 10.1. The molecule has 1 unspecified atom stereocenters. The summed E-state index contributed by atoms with van der Waals surface area (Å²) in [5, 5.41) is 13.4. The number of methoxy groups -OCH3 is 1. The van der Waals surface area contributed by atoms with Gasteiger partial charge in [-0.3, -0.25) is 4.79 Å². The molecule has 0 aliphatic carbocycles. The Bertz CT molecular complexity index is 607. The van der Waals surface area contributed by atoms with E-state index >= 15 is 0 Å². The molecule has 0 saturated heterocycles. The largest absolute Gasteiger partial charge is 0.389 e. The Kier molecular flexibility index (Phi) is 5.36. The number of rotatable bonds is 7. The van der Waals surface area contributed by atoms with Crippen LogP contribution in [0.3, 0.4) is 0 Å². The van der Waals surface area contributed by atoms with Crippen LogP contribution in [0, 0.1) is 0 Å². The molecule has 1 heterocycles. The van der Waals surface area contributed by atoms with Crippen molar-refractivity contribution < 1.29 is 14.6 Å². The first kappa shape index (κ1) is 15.5. The van der Waals surface area contributed by atoms with Crippen molar-refractivity contribution in [1.82, 2.24) is 9.88 Å². The second-order valence-corrected chi connectivity index (χ2v) is 5.20. The number of carbonyl (C=O) groups excluding carboxylic acids is 1. The predicted molar refractivity (Wildman–Crippen MR) is 82.1 cm³/mol. The number of amides is 1. The fourth-order valence-electron chi connectivity index (χ4n) is 2.44. The fourth-order valence-corrected chi connectivity index (χ4v) is 2.44. The Hall–Kier alpha value is -1.85. The summed E-state index contributed by atoms with van der Waals surface area (Å²) in [6.07, 6.45) is 2.51. The van der Waals surface area contributed by atoms with E-state index in [1.165, 1.54) is 23.6 Å². The lowest BCUT2D eigenvalue weighted by molar-refractivity contribution is -0.121. The van der Waals surface area contributed by atoms with Crippen LogP contribution in [0.25, 0.3) is 10.9 Å². The molecule has 5 heteroatoms. The van der Waals surface area contributed by atoms with E-state index in [0.717, 1.165) is 0 Å². The van der Waals surface area contributed by atoms with Crippen LogP contribution in [-0.2, 0) is 23.0 Å². The van der Waals surface area contributed by atoms with Gasteiger partial charge in [0.2, 0.25) is 5.91 Å². The highest BCUT2D eigenvalue weighted by Crippen LogP contribution is 2.21. The molecule has 1 aromatic heterocycles. The summed E-state index contributed by atoms with van der Waals surface area (Å²) in [5.74, 6) is -0.0573. The fraction of sp³-hybridized carbons (Fsp3) is 0.438. The topological polar surface area (TPSA) is 63.5 Å². The van der Waals surface area contributed by atoms with Crippen LogP contribution in [0.2, 0.25) is 0 Å². The normalized spacial score (nSPS) is 12.5. The van der Waals surface area contributed by atoms with Gasteiger partial charge in [-0.15, -0.1) is 0 Å². The number of nitrogens with one attached hydrogen (secondary N) is 1. The third-order valence-corrected chi connectivity index (χ3v) is 3.49. The summed E-state index contributed by atoms with van der Waals surface area (Å²) in [7, 11) is 3.53. The number of fused-ring (bicyclic) bond motifs is 1. The lowest BCUT2D eigenvalue weighted by Crippen LogP contribution is -2.34. The number of carbonyl (C=O) groups is 1. The quantitative estimate of drug-likeness (QED) is 0.806. The predicted octanol–water partition coefficient (Wildman–Crippen LogP) is 1.23. The molecule has 0 bridgehead atoms. The Balaban J connectivity index is 1.88. The summed E-state index contributed by atoms with van der Waals surface area (Å²) in [5.41, 5.74) is 2.34. The summed E-state index contributed by atoms with van der Waals surface area (Å²) in [4.78, 5) is 11.8. The molecular weight excluding hydrogens is 268 g/mol. The van der Waals surface area contributed by atoms with E-state index in [9.17, 15) is 9.90 Å². The van der Waals surface area contributed by atoms with Crippen molar-refractivity contribution >= 4 is 16.8 Å².